The number of ether oxygens (including phenoxy) is 1. The number of rotatable bonds is 3. The zero-order valence-corrected chi connectivity index (χ0v) is 18.5. The van der Waals surface area contributed by atoms with Gasteiger partial charge in [-0.15, -0.1) is 11.3 Å². The quantitative estimate of drug-likeness (QED) is 0.455. The number of benzene rings is 1. The van der Waals surface area contributed by atoms with Crippen LogP contribution in [-0.4, -0.2) is 45.2 Å². The van der Waals surface area contributed by atoms with Gasteiger partial charge in [-0.3, -0.25) is 4.40 Å². The Morgan fingerprint density at radius 3 is 2.90 bits per heavy atom. The Morgan fingerprint density at radius 1 is 1.17 bits per heavy atom. The molecule has 154 valence electrons. The van der Waals surface area contributed by atoms with Crippen molar-refractivity contribution in [2.45, 2.75) is 42.1 Å². The van der Waals surface area contributed by atoms with E-state index in [1.165, 1.54) is 28.9 Å². The maximum Gasteiger partial charge on any atom is 0.211 e. The summed E-state index contributed by atoms with van der Waals surface area (Å²) in [5.41, 5.74) is 4.28. The molecule has 6 nitrogen and oxygen atoms in total. The Bertz CT molecular complexity index is 1210. The number of thiazole rings is 1. The third-order valence-electron chi connectivity index (χ3n) is 6.42. The summed E-state index contributed by atoms with van der Waals surface area (Å²) >= 11 is 3.39. The van der Waals surface area contributed by atoms with Gasteiger partial charge in [-0.25, -0.2) is 15.0 Å². The molecule has 3 aromatic heterocycles. The molecule has 0 aliphatic carbocycles. The van der Waals surface area contributed by atoms with Crippen LogP contribution in [0.3, 0.4) is 0 Å². The first-order valence-electron chi connectivity index (χ1n) is 10.4. The molecule has 5 heterocycles. The SMILES string of the molecule is C[C@H]1CC2(CCN(c3ncc(Sc4cccc5ncsc45)c4nccn34)CC2)CO1. The van der Waals surface area contributed by atoms with Crippen LogP contribution in [0.4, 0.5) is 5.95 Å². The lowest BCUT2D eigenvalue weighted by Gasteiger charge is -2.39. The first kappa shape index (κ1) is 18.6. The number of imidazole rings is 1. The third-order valence-corrected chi connectivity index (χ3v) is 8.49. The fourth-order valence-corrected chi connectivity index (χ4v) is 6.72. The molecule has 2 aliphatic heterocycles. The minimum atomic E-state index is 0.368. The van der Waals surface area contributed by atoms with Gasteiger partial charge in [-0.2, -0.15) is 0 Å². The average Bonchev–Trinajstić information content (AvgIpc) is 3.50. The average molecular weight is 438 g/mol. The Labute approximate surface area is 183 Å². The van der Waals surface area contributed by atoms with Gasteiger partial charge in [0, 0.05) is 36.6 Å². The summed E-state index contributed by atoms with van der Waals surface area (Å²) in [4.78, 5) is 18.6. The van der Waals surface area contributed by atoms with Gasteiger partial charge in [0.2, 0.25) is 5.95 Å². The molecule has 1 aromatic carbocycles. The van der Waals surface area contributed by atoms with Gasteiger partial charge in [-0.05, 0) is 43.7 Å². The Morgan fingerprint density at radius 2 is 2.07 bits per heavy atom. The van der Waals surface area contributed by atoms with Gasteiger partial charge in [0.05, 0.1) is 33.3 Å². The van der Waals surface area contributed by atoms with Crippen molar-refractivity contribution in [2.75, 3.05) is 24.6 Å². The van der Waals surface area contributed by atoms with Crippen molar-refractivity contribution in [2.24, 2.45) is 5.41 Å². The number of nitrogens with zero attached hydrogens (tertiary/aromatic N) is 5. The van der Waals surface area contributed by atoms with E-state index in [1.54, 1.807) is 23.1 Å². The first-order valence-corrected chi connectivity index (χ1v) is 12.1. The van der Waals surface area contributed by atoms with E-state index >= 15 is 0 Å². The van der Waals surface area contributed by atoms with Crippen molar-refractivity contribution < 1.29 is 4.74 Å². The van der Waals surface area contributed by atoms with E-state index in [0.29, 0.717) is 11.5 Å². The second-order valence-corrected chi connectivity index (χ2v) is 10.4. The van der Waals surface area contributed by atoms with Crippen molar-refractivity contribution in [3.8, 4) is 0 Å². The van der Waals surface area contributed by atoms with Gasteiger partial charge in [0.15, 0.2) is 5.65 Å². The van der Waals surface area contributed by atoms with Gasteiger partial charge in [-0.1, -0.05) is 17.8 Å². The molecule has 6 rings (SSSR count). The first-order chi connectivity index (χ1) is 14.7. The van der Waals surface area contributed by atoms with Crippen LogP contribution in [0.1, 0.15) is 26.2 Å². The number of piperidine rings is 1. The van der Waals surface area contributed by atoms with Crippen molar-refractivity contribution in [1.82, 2.24) is 19.4 Å². The van der Waals surface area contributed by atoms with Crippen molar-refractivity contribution >= 4 is 44.9 Å². The molecule has 0 bridgehead atoms. The maximum atomic E-state index is 5.89. The van der Waals surface area contributed by atoms with Crippen LogP contribution in [0.5, 0.6) is 0 Å². The molecule has 1 spiro atoms. The molecule has 2 saturated heterocycles. The molecular weight excluding hydrogens is 414 g/mol. The van der Waals surface area contributed by atoms with E-state index in [1.807, 2.05) is 24.1 Å². The van der Waals surface area contributed by atoms with Crippen LogP contribution in [-0.2, 0) is 4.74 Å². The minimum Gasteiger partial charge on any atom is -0.378 e. The molecule has 0 unspecified atom stereocenters. The lowest BCUT2D eigenvalue weighted by Crippen LogP contribution is -2.41. The van der Waals surface area contributed by atoms with Crippen LogP contribution in [0.2, 0.25) is 0 Å². The monoisotopic (exact) mass is 437 g/mol. The number of hydrogen-bond acceptors (Lipinski definition) is 7. The number of hydrogen-bond donors (Lipinski definition) is 0. The van der Waals surface area contributed by atoms with Crippen LogP contribution in [0.15, 0.2) is 52.1 Å². The van der Waals surface area contributed by atoms with Crippen molar-refractivity contribution in [3.05, 3.63) is 42.3 Å². The summed E-state index contributed by atoms with van der Waals surface area (Å²) in [6.45, 7) is 5.14. The van der Waals surface area contributed by atoms with Gasteiger partial charge in [0.1, 0.15) is 0 Å². The second kappa shape index (κ2) is 7.21. The molecule has 2 fully saturated rings. The van der Waals surface area contributed by atoms with Gasteiger partial charge >= 0.3 is 0 Å². The maximum absolute atomic E-state index is 5.89. The molecule has 0 N–H and O–H groups in total. The van der Waals surface area contributed by atoms with Crippen molar-refractivity contribution in [1.29, 1.82) is 0 Å². The standard InChI is InChI=1S/C22H23N5OS2/c1-15-11-22(13-28-15)5-8-26(9-6-22)21-24-12-18(20-23-7-10-27(20)21)30-17-4-2-3-16-19(17)29-14-25-16/h2-4,7,10,12,14-15H,5-6,8-9,11,13H2,1H3/t15-/m0/s1. The lowest BCUT2D eigenvalue weighted by molar-refractivity contribution is 0.0975. The van der Waals surface area contributed by atoms with E-state index < -0.39 is 0 Å². The Kier molecular flexibility index (Phi) is 4.47. The Hall–Kier alpha value is -2.16. The van der Waals surface area contributed by atoms with E-state index in [9.17, 15) is 0 Å². The normalized spacial score (nSPS) is 21.2. The zero-order valence-electron chi connectivity index (χ0n) is 16.8. The fraction of sp³-hybridized carbons (Fsp3) is 0.409. The molecule has 2 aliphatic rings. The molecule has 0 radical (unpaired) electrons. The molecule has 1 atom stereocenters. The van der Waals surface area contributed by atoms with Gasteiger partial charge < -0.3 is 9.64 Å². The summed E-state index contributed by atoms with van der Waals surface area (Å²) in [5, 5.41) is 0. The topological polar surface area (TPSA) is 55.6 Å². The molecule has 30 heavy (non-hydrogen) atoms. The summed E-state index contributed by atoms with van der Waals surface area (Å²) in [5.74, 6) is 0.990. The fourth-order valence-electron chi connectivity index (χ4n) is 4.82. The van der Waals surface area contributed by atoms with Crippen LogP contribution < -0.4 is 4.90 Å². The van der Waals surface area contributed by atoms with E-state index in [2.05, 4.69) is 44.4 Å². The smallest absolute Gasteiger partial charge is 0.211 e. The Balaban J connectivity index is 1.29. The molecule has 0 saturated carbocycles. The van der Waals surface area contributed by atoms with Crippen molar-refractivity contribution in [3.63, 3.8) is 0 Å². The van der Waals surface area contributed by atoms with E-state index in [0.717, 1.165) is 41.7 Å². The summed E-state index contributed by atoms with van der Waals surface area (Å²) < 4.78 is 9.24. The van der Waals surface area contributed by atoms with Crippen LogP contribution in [0, 0.1) is 5.41 Å². The predicted octanol–water partition coefficient (Wildman–Crippen LogP) is 4.89. The largest absolute Gasteiger partial charge is 0.378 e. The predicted molar refractivity (Wildman–Crippen MR) is 121 cm³/mol. The molecule has 4 aromatic rings. The highest BCUT2D eigenvalue weighted by molar-refractivity contribution is 8.00. The van der Waals surface area contributed by atoms with Crippen LogP contribution in [0.25, 0.3) is 15.9 Å². The highest BCUT2D eigenvalue weighted by atomic mass is 32.2. The number of fused-ring (bicyclic) bond motifs is 2. The molecule has 0 amide bonds. The summed E-state index contributed by atoms with van der Waals surface area (Å²) in [7, 11) is 0. The second-order valence-electron chi connectivity index (χ2n) is 8.41. The van der Waals surface area contributed by atoms with Crippen LogP contribution >= 0.6 is 23.1 Å². The summed E-state index contributed by atoms with van der Waals surface area (Å²) in [6, 6.07) is 6.26. The number of aromatic nitrogens is 4. The zero-order chi connectivity index (χ0) is 20.1. The van der Waals surface area contributed by atoms with E-state index in [4.69, 9.17) is 9.72 Å². The van der Waals surface area contributed by atoms with Gasteiger partial charge in [0.25, 0.3) is 0 Å². The molecular formula is C22H23N5OS2. The minimum absolute atomic E-state index is 0.368. The van der Waals surface area contributed by atoms with E-state index in [-0.39, 0.29) is 0 Å². The highest BCUT2D eigenvalue weighted by Gasteiger charge is 2.41. The number of anilines is 1. The summed E-state index contributed by atoms with van der Waals surface area (Å²) in [6.07, 6.45) is 9.80. The molecule has 8 heteroatoms. The highest BCUT2D eigenvalue weighted by Crippen LogP contribution is 2.43. The third kappa shape index (κ3) is 3.09. The lowest BCUT2D eigenvalue weighted by atomic mass is 9.77.